The lowest BCUT2D eigenvalue weighted by Crippen LogP contribution is -2.11. The van der Waals surface area contributed by atoms with E-state index in [9.17, 15) is 14.7 Å². The molecule has 0 spiro atoms. The van der Waals surface area contributed by atoms with Gasteiger partial charge >= 0.3 is 0 Å². The van der Waals surface area contributed by atoms with E-state index in [1.165, 1.54) is 38.1 Å². The summed E-state index contributed by atoms with van der Waals surface area (Å²) in [5.74, 6) is 0.0540. The van der Waals surface area contributed by atoms with Crippen LogP contribution in [0, 0.1) is 0 Å². The molecule has 0 aliphatic carbocycles. The molecule has 1 aromatic carbocycles. The van der Waals surface area contributed by atoms with Crippen LogP contribution in [0.15, 0.2) is 46.6 Å². The fourth-order valence-electron chi connectivity index (χ4n) is 1.70. The fraction of sp³-hybridized carbons (Fsp3) is 0.133. The second-order valence-corrected chi connectivity index (χ2v) is 4.67. The van der Waals surface area contributed by atoms with Crippen LogP contribution in [-0.4, -0.2) is 21.9 Å². The number of hydrogen-bond acceptors (Lipinski definition) is 6. The van der Waals surface area contributed by atoms with Gasteiger partial charge in [-0.25, -0.2) is 4.98 Å². The van der Waals surface area contributed by atoms with Crippen LogP contribution in [0.5, 0.6) is 5.75 Å². The Morgan fingerprint density at radius 3 is 1.87 bits per heavy atom. The molecule has 0 fully saturated rings. The number of nitrogens with zero attached hydrogens (tertiary/aromatic N) is 3. The van der Waals surface area contributed by atoms with Gasteiger partial charge in [-0.1, -0.05) is 0 Å². The summed E-state index contributed by atoms with van der Waals surface area (Å²) in [6.07, 6.45) is 0. The topological polar surface area (TPSA) is 116 Å². The number of nitrogens with one attached hydrogen (secondary N) is 2. The lowest BCUT2D eigenvalue weighted by molar-refractivity contribution is -0.115. The Morgan fingerprint density at radius 2 is 1.39 bits per heavy atom. The number of hydrogen-bond donors (Lipinski definition) is 3. The molecule has 23 heavy (non-hydrogen) atoms. The molecule has 1 aromatic heterocycles. The maximum atomic E-state index is 11.2. The van der Waals surface area contributed by atoms with Crippen LogP contribution >= 0.6 is 0 Å². The van der Waals surface area contributed by atoms with Crippen molar-refractivity contribution >= 4 is 34.8 Å². The van der Waals surface area contributed by atoms with Crippen molar-refractivity contribution < 1.29 is 14.7 Å². The molecule has 0 atom stereocenters. The molecule has 2 rings (SSSR count). The minimum Gasteiger partial charge on any atom is -0.508 e. The minimum atomic E-state index is -0.293. The highest BCUT2D eigenvalue weighted by Gasteiger charge is 2.05. The molecule has 0 radical (unpaired) electrons. The Morgan fingerprint density at radius 1 is 0.913 bits per heavy atom. The number of amides is 2. The highest BCUT2D eigenvalue weighted by molar-refractivity contribution is 5.90. The number of carbonyl (C=O) groups is 2. The molecule has 0 unspecified atom stereocenters. The molecule has 3 N–H and O–H groups in total. The molecule has 0 saturated heterocycles. The van der Waals surface area contributed by atoms with Gasteiger partial charge in [-0.05, 0) is 24.3 Å². The van der Waals surface area contributed by atoms with Crippen molar-refractivity contribution in [2.75, 3.05) is 10.6 Å². The maximum absolute atomic E-state index is 11.2. The van der Waals surface area contributed by atoms with Gasteiger partial charge in [0.25, 0.3) is 0 Å². The molecule has 2 amide bonds. The molecule has 0 aliphatic rings. The first-order chi connectivity index (χ1) is 10.9. The van der Waals surface area contributed by atoms with Gasteiger partial charge in [0.05, 0.1) is 11.4 Å². The zero-order chi connectivity index (χ0) is 16.8. The van der Waals surface area contributed by atoms with Gasteiger partial charge in [-0.2, -0.15) is 10.2 Å². The third kappa shape index (κ3) is 5.20. The molecule has 2 aromatic rings. The summed E-state index contributed by atoms with van der Waals surface area (Å²) in [6, 6.07) is 9.24. The number of anilines is 2. The van der Waals surface area contributed by atoms with Gasteiger partial charge < -0.3 is 15.7 Å². The number of carbonyl (C=O) groups excluding carboxylic acids is 2. The average molecular weight is 313 g/mol. The van der Waals surface area contributed by atoms with E-state index < -0.39 is 0 Å². The first-order valence-electron chi connectivity index (χ1n) is 6.70. The number of aromatic hydroxyl groups is 1. The van der Waals surface area contributed by atoms with E-state index in [1.807, 2.05) is 0 Å². The number of phenols is 1. The molecular formula is C15H15N5O3. The van der Waals surface area contributed by atoms with E-state index >= 15 is 0 Å². The fourth-order valence-corrected chi connectivity index (χ4v) is 1.70. The Hall–Kier alpha value is -3.29. The maximum Gasteiger partial charge on any atom is 0.222 e. The van der Waals surface area contributed by atoms with E-state index in [-0.39, 0.29) is 29.2 Å². The van der Waals surface area contributed by atoms with E-state index in [2.05, 4.69) is 25.8 Å². The second kappa shape index (κ2) is 7.12. The first-order valence-corrected chi connectivity index (χ1v) is 6.70. The smallest absolute Gasteiger partial charge is 0.222 e. The van der Waals surface area contributed by atoms with Crippen LogP contribution < -0.4 is 10.6 Å². The molecular weight excluding hydrogens is 298 g/mol. The van der Waals surface area contributed by atoms with E-state index in [1.54, 1.807) is 12.1 Å². The zero-order valence-electron chi connectivity index (χ0n) is 12.6. The standard InChI is InChI=1S/C15H15N5O3/c1-9(21)16-14-7-12(8-15(18-14)17-10(2)22)20-19-11-3-5-13(23)6-4-11/h3-8,23H,1-2H3,(H2,16,17,18,21,22). The van der Waals surface area contributed by atoms with Crippen LogP contribution in [0.4, 0.5) is 23.0 Å². The van der Waals surface area contributed by atoms with Crippen LogP contribution in [0.2, 0.25) is 0 Å². The van der Waals surface area contributed by atoms with Gasteiger partial charge in [0, 0.05) is 26.0 Å². The highest BCUT2D eigenvalue weighted by Crippen LogP contribution is 2.24. The largest absolute Gasteiger partial charge is 0.508 e. The zero-order valence-corrected chi connectivity index (χ0v) is 12.6. The average Bonchev–Trinajstić information content (AvgIpc) is 2.45. The molecule has 0 aliphatic heterocycles. The quantitative estimate of drug-likeness (QED) is 0.752. The van der Waals surface area contributed by atoms with Crippen molar-refractivity contribution in [1.82, 2.24) is 4.98 Å². The van der Waals surface area contributed by atoms with E-state index in [0.717, 1.165) is 0 Å². The third-order valence-corrected chi connectivity index (χ3v) is 2.55. The molecule has 0 bridgehead atoms. The molecule has 118 valence electrons. The molecule has 8 heteroatoms. The monoisotopic (exact) mass is 313 g/mol. The molecule has 1 heterocycles. The van der Waals surface area contributed by atoms with Gasteiger partial charge in [0.1, 0.15) is 17.4 Å². The number of benzene rings is 1. The van der Waals surface area contributed by atoms with Crippen molar-refractivity contribution in [1.29, 1.82) is 0 Å². The van der Waals surface area contributed by atoms with Gasteiger partial charge in [0.2, 0.25) is 11.8 Å². The van der Waals surface area contributed by atoms with E-state index in [0.29, 0.717) is 11.4 Å². The summed E-state index contributed by atoms with van der Waals surface area (Å²) in [6.45, 7) is 2.70. The number of phenolic OH excluding ortho intramolecular Hbond substituents is 1. The summed E-state index contributed by atoms with van der Waals surface area (Å²) in [7, 11) is 0. The van der Waals surface area contributed by atoms with Crippen molar-refractivity contribution in [2.45, 2.75) is 13.8 Å². The van der Waals surface area contributed by atoms with Gasteiger partial charge in [-0.15, -0.1) is 0 Å². The molecule has 8 nitrogen and oxygen atoms in total. The van der Waals surface area contributed by atoms with Crippen molar-refractivity contribution in [3.8, 4) is 5.75 Å². The van der Waals surface area contributed by atoms with Crippen LogP contribution in [0.1, 0.15) is 13.8 Å². The van der Waals surface area contributed by atoms with Gasteiger partial charge in [-0.3, -0.25) is 9.59 Å². The Bertz CT molecular complexity index is 722. The summed E-state index contributed by atoms with van der Waals surface area (Å²) in [4.78, 5) is 26.4. The molecule has 0 saturated carbocycles. The lowest BCUT2D eigenvalue weighted by atomic mass is 10.3. The Labute approximate surface area is 132 Å². The predicted molar refractivity (Wildman–Crippen MR) is 85.1 cm³/mol. The normalized spacial score (nSPS) is 10.5. The van der Waals surface area contributed by atoms with Gasteiger partial charge in [0.15, 0.2) is 0 Å². The first kappa shape index (κ1) is 16.1. The summed E-state index contributed by atoms with van der Waals surface area (Å²) < 4.78 is 0. The number of rotatable bonds is 4. The summed E-state index contributed by atoms with van der Waals surface area (Å²) in [5, 5.41) is 22.3. The van der Waals surface area contributed by atoms with Crippen molar-refractivity contribution in [3.63, 3.8) is 0 Å². The number of pyridine rings is 1. The lowest BCUT2D eigenvalue weighted by Gasteiger charge is -2.06. The number of aromatic nitrogens is 1. The Balaban J connectivity index is 2.29. The highest BCUT2D eigenvalue weighted by atomic mass is 16.3. The van der Waals surface area contributed by atoms with E-state index in [4.69, 9.17) is 0 Å². The summed E-state index contributed by atoms with van der Waals surface area (Å²) >= 11 is 0. The van der Waals surface area contributed by atoms with Crippen molar-refractivity contribution in [3.05, 3.63) is 36.4 Å². The van der Waals surface area contributed by atoms with Crippen LogP contribution in [0.3, 0.4) is 0 Å². The minimum absolute atomic E-state index is 0.133. The second-order valence-electron chi connectivity index (χ2n) is 4.67. The summed E-state index contributed by atoms with van der Waals surface area (Å²) in [5.41, 5.74) is 0.947. The SMILES string of the molecule is CC(=O)Nc1cc(N=Nc2ccc(O)cc2)cc(NC(C)=O)n1. The Kier molecular flexibility index (Phi) is 4.98. The van der Waals surface area contributed by atoms with Crippen LogP contribution in [0.25, 0.3) is 0 Å². The van der Waals surface area contributed by atoms with Crippen molar-refractivity contribution in [2.24, 2.45) is 10.2 Å². The third-order valence-electron chi connectivity index (χ3n) is 2.55. The predicted octanol–water partition coefficient (Wildman–Crippen LogP) is 3.12. The number of azo groups is 1. The van der Waals surface area contributed by atoms with Crippen LogP contribution in [-0.2, 0) is 9.59 Å².